The molecule has 1 N–H and O–H groups in total. The van der Waals surface area contributed by atoms with Crippen molar-refractivity contribution in [3.05, 3.63) is 41.5 Å². The van der Waals surface area contributed by atoms with Crippen molar-refractivity contribution < 1.29 is 9.13 Å². The number of ether oxygens (including phenoxy) is 1. The van der Waals surface area contributed by atoms with Gasteiger partial charge >= 0.3 is 0 Å². The second-order valence-electron chi connectivity index (χ2n) is 4.51. The number of aryl methyl sites for hydroxylation is 1. The number of halogens is 1. The molecule has 0 bridgehead atoms. The van der Waals surface area contributed by atoms with E-state index in [1.807, 2.05) is 13.1 Å². The van der Waals surface area contributed by atoms with E-state index in [1.165, 1.54) is 6.07 Å². The highest BCUT2D eigenvalue weighted by molar-refractivity contribution is 5.27. The predicted octanol–water partition coefficient (Wildman–Crippen LogP) is 1.91. The first-order valence-corrected chi connectivity index (χ1v) is 6.67. The molecule has 0 fully saturated rings. The first-order chi connectivity index (χ1) is 9.69. The first kappa shape index (κ1) is 14.5. The minimum atomic E-state index is -0.254. The van der Waals surface area contributed by atoms with Crippen LogP contribution in [0.15, 0.2) is 24.4 Å². The molecule has 2 rings (SSSR count). The SMILES string of the molecule is CCNCc1cn(CCOc2ccc(C)c(F)c2)nn1. The number of hydrogen-bond acceptors (Lipinski definition) is 4. The van der Waals surface area contributed by atoms with Crippen LogP contribution in [0.3, 0.4) is 0 Å². The highest BCUT2D eigenvalue weighted by Gasteiger charge is 2.02. The maximum atomic E-state index is 13.3. The number of rotatable bonds is 7. The molecule has 0 radical (unpaired) electrons. The zero-order valence-corrected chi connectivity index (χ0v) is 11.8. The van der Waals surface area contributed by atoms with Crippen LogP contribution in [0, 0.1) is 12.7 Å². The van der Waals surface area contributed by atoms with Crippen molar-refractivity contribution >= 4 is 0 Å². The Hall–Kier alpha value is -1.95. The van der Waals surface area contributed by atoms with Crippen LogP contribution in [0.25, 0.3) is 0 Å². The molecule has 0 unspecified atom stereocenters. The van der Waals surface area contributed by atoms with Gasteiger partial charge in [0.05, 0.1) is 12.2 Å². The molecule has 0 saturated carbocycles. The second-order valence-corrected chi connectivity index (χ2v) is 4.51. The fourth-order valence-electron chi connectivity index (χ4n) is 1.70. The van der Waals surface area contributed by atoms with Crippen molar-refractivity contribution in [3.8, 4) is 5.75 Å². The first-order valence-electron chi connectivity index (χ1n) is 6.67. The molecule has 1 aromatic heterocycles. The molecular weight excluding hydrogens is 259 g/mol. The smallest absolute Gasteiger partial charge is 0.129 e. The van der Waals surface area contributed by atoms with Gasteiger partial charge in [-0.25, -0.2) is 9.07 Å². The molecule has 0 amide bonds. The van der Waals surface area contributed by atoms with E-state index >= 15 is 0 Å². The fourth-order valence-corrected chi connectivity index (χ4v) is 1.70. The van der Waals surface area contributed by atoms with Gasteiger partial charge in [-0.1, -0.05) is 18.2 Å². The lowest BCUT2D eigenvalue weighted by Crippen LogP contribution is -2.12. The van der Waals surface area contributed by atoms with Crippen LogP contribution in [0.1, 0.15) is 18.2 Å². The fraction of sp³-hybridized carbons (Fsp3) is 0.429. The monoisotopic (exact) mass is 278 g/mol. The number of benzene rings is 1. The summed E-state index contributed by atoms with van der Waals surface area (Å²) in [5.74, 6) is 0.275. The molecule has 1 aromatic carbocycles. The van der Waals surface area contributed by atoms with Crippen LogP contribution < -0.4 is 10.1 Å². The molecule has 0 atom stereocenters. The van der Waals surface area contributed by atoms with E-state index in [2.05, 4.69) is 15.6 Å². The van der Waals surface area contributed by atoms with Crippen molar-refractivity contribution in [2.45, 2.75) is 26.9 Å². The van der Waals surface area contributed by atoms with Gasteiger partial charge in [-0.2, -0.15) is 0 Å². The van der Waals surface area contributed by atoms with E-state index < -0.39 is 0 Å². The molecule has 0 saturated heterocycles. The number of hydrogen-bond donors (Lipinski definition) is 1. The number of nitrogens with one attached hydrogen (secondary N) is 1. The van der Waals surface area contributed by atoms with E-state index in [1.54, 1.807) is 23.7 Å². The third kappa shape index (κ3) is 4.03. The lowest BCUT2D eigenvalue weighted by molar-refractivity contribution is 0.288. The lowest BCUT2D eigenvalue weighted by atomic mass is 10.2. The summed E-state index contributed by atoms with van der Waals surface area (Å²) in [5, 5.41) is 11.2. The largest absolute Gasteiger partial charge is 0.492 e. The topological polar surface area (TPSA) is 52.0 Å². The molecule has 6 heteroatoms. The van der Waals surface area contributed by atoms with Crippen molar-refractivity contribution in [2.75, 3.05) is 13.2 Å². The van der Waals surface area contributed by atoms with Crippen LogP contribution in [0.4, 0.5) is 4.39 Å². The van der Waals surface area contributed by atoms with Gasteiger partial charge < -0.3 is 10.1 Å². The zero-order valence-electron chi connectivity index (χ0n) is 11.8. The minimum absolute atomic E-state index is 0.254. The molecule has 0 aliphatic carbocycles. The highest BCUT2D eigenvalue weighted by Crippen LogP contribution is 2.15. The molecule has 20 heavy (non-hydrogen) atoms. The summed E-state index contributed by atoms with van der Waals surface area (Å²) >= 11 is 0. The maximum Gasteiger partial charge on any atom is 0.129 e. The second kappa shape index (κ2) is 7.00. The Balaban J connectivity index is 1.80. The van der Waals surface area contributed by atoms with Crippen molar-refractivity contribution in [1.29, 1.82) is 0 Å². The van der Waals surface area contributed by atoms with Crippen LogP contribution in [0.2, 0.25) is 0 Å². The summed E-state index contributed by atoms with van der Waals surface area (Å²) in [6.45, 7) is 6.37. The number of aromatic nitrogens is 3. The van der Waals surface area contributed by atoms with E-state index in [0.717, 1.165) is 12.2 Å². The predicted molar refractivity (Wildman–Crippen MR) is 74.0 cm³/mol. The summed E-state index contributed by atoms with van der Waals surface area (Å²) in [6, 6.07) is 4.86. The molecule has 1 heterocycles. The molecule has 108 valence electrons. The van der Waals surface area contributed by atoms with Crippen molar-refractivity contribution in [1.82, 2.24) is 20.3 Å². The summed E-state index contributed by atoms with van der Waals surface area (Å²) in [5.41, 5.74) is 1.51. The Kier molecular flexibility index (Phi) is 5.06. The van der Waals surface area contributed by atoms with E-state index in [0.29, 0.717) is 31.0 Å². The van der Waals surface area contributed by atoms with Gasteiger partial charge in [0.1, 0.15) is 18.2 Å². The van der Waals surface area contributed by atoms with E-state index in [4.69, 9.17) is 4.74 Å². The zero-order chi connectivity index (χ0) is 14.4. The van der Waals surface area contributed by atoms with Gasteiger partial charge in [0.25, 0.3) is 0 Å². The standard InChI is InChI=1S/C14H19FN4O/c1-3-16-9-12-10-19(18-17-12)6-7-20-13-5-4-11(2)14(15)8-13/h4-5,8,10,16H,3,6-7,9H2,1-2H3. The molecule has 0 aliphatic heterocycles. The normalized spacial score (nSPS) is 10.8. The highest BCUT2D eigenvalue weighted by atomic mass is 19.1. The van der Waals surface area contributed by atoms with Crippen LogP contribution >= 0.6 is 0 Å². The Labute approximate surface area is 117 Å². The van der Waals surface area contributed by atoms with Crippen LogP contribution in [-0.2, 0) is 13.1 Å². The van der Waals surface area contributed by atoms with Gasteiger partial charge in [-0.15, -0.1) is 5.10 Å². The Bertz CT molecular complexity index is 556. The van der Waals surface area contributed by atoms with Crippen LogP contribution in [0.5, 0.6) is 5.75 Å². The molecule has 0 spiro atoms. The van der Waals surface area contributed by atoms with E-state index in [9.17, 15) is 4.39 Å². The molecular formula is C14H19FN4O. The van der Waals surface area contributed by atoms with Crippen molar-refractivity contribution in [2.24, 2.45) is 0 Å². The summed E-state index contributed by atoms with van der Waals surface area (Å²) in [6.07, 6.45) is 1.88. The van der Waals surface area contributed by atoms with Gasteiger partial charge in [-0.3, -0.25) is 0 Å². The Morgan fingerprint density at radius 3 is 3.00 bits per heavy atom. The summed E-state index contributed by atoms with van der Waals surface area (Å²) in [7, 11) is 0. The van der Waals surface area contributed by atoms with Gasteiger partial charge in [0.15, 0.2) is 0 Å². The van der Waals surface area contributed by atoms with E-state index in [-0.39, 0.29) is 5.82 Å². The number of nitrogens with zero attached hydrogens (tertiary/aromatic N) is 3. The lowest BCUT2D eigenvalue weighted by Gasteiger charge is -2.06. The van der Waals surface area contributed by atoms with Gasteiger partial charge in [-0.05, 0) is 25.1 Å². The molecule has 5 nitrogen and oxygen atoms in total. The Morgan fingerprint density at radius 1 is 1.40 bits per heavy atom. The average molecular weight is 278 g/mol. The van der Waals surface area contributed by atoms with Crippen molar-refractivity contribution in [3.63, 3.8) is 0 Å². The average Bonchev–Trinajstić information content (AvgIpc) is 2.88. The maximum absolute atomic E-state index is 13.3. The Morgan fingerprint density at radius 2 is 2.25 bits per heavy atom. The van der Waals surface area contributed by atoms with Gasteiger partial charge in [0, 0.05) is 18.8 Å². The molecule has 2 aromatic rings. The quantitative estimate of drug-likeness (QED) is 0.840. The summed E-state index contributed by atoms with van der Waals surface area (Å²) in [4.78, 5) is 0. The molecule has 0 aliphatic rings. The van der Waals surface area contributed by atoms with Gasteiger partial charge in [0.2, 0.25) is 0 Å². The summed E-state index contributed by atoms with van der Waals surface area (Å²) < 4.78 is 20.5. The third-order valence-corrected chi connectivity index (χ3v) is 2.87. The van der Waals surface area contributed by atoms with Crippen LogP contribution in [-0.4, -0.2) is 28.1 Å². The minimum Gasteiger partial charge on any atom is -0.492 e. The third-order valence-electron chi connectivity index (χ3n) is 2.87.